The van der Waals surface area contributed by atoms with E-state index >= 15 is 4.39 Å². The third-order valence-corrected chi connectivity index (χ3v) is 8.46. The number of ketones is 2. The summed E-state index contributed by atoms with van der Waals surface area (Å²) < 4.78 is 40.9. The quantitative estimate of drug-likeness (QED) is 0.664. The zero-order valence-corrected chi connectivity index (χ0v) is 16.1. The van der Waals surface area contributed by atoms with E-state index in [1.807, 2.05) is 0 Å². The summed E-state index contributed by atoms with van der Waals surface area (Å²) in [6.07, 6.45) is 2.80. The first-order valence-corrected chi connectivity index (χ1v) is 9.85. The highest BCUT2D eigenvalue weighted by Crippen LogP contribution is 2.70. The van der Waals surface area contributed by atoms with Gasteiger partial charge in [-0.1, -0.05) is 25.4 Å². The zero-order chi connectivity index (χ0) is 23.2. The first-order valence-electron chi connectivity index (χ1n) is 11.4. The zero-order valence-electron chi connectivity index (χ0n) is 19.1. The number of alkyl halides is 1. The summed E-state index contributed by atoms with van der Waals surface area (Å²) >= 11 is 0. The van der Waals surface area contributed by atoms with Crippen molar-refractivity contribution in [2.45, 2.75) is 63.8 Å². The van der Waals surface area contributed by atoms with Gasteiger partial charge < -0.3 is 15.3 Å². The molecule has 0 heterocycles. The predicted octanol–water partition coefficient (Wildman–Crippen LogP) is 1.90. The molecule has 0 amide bonds. The molecule has 3 N–H and O–H groups in total. The highest BCUT2D eigenvalue weighted by Gasteiger charge is 2.75. The number of hydrogen-bond acceptors (Lipinski definition) is 5. The average Bonchev–Trinajstić information content (AvgIpc) is 2.92. The third-order valence-electron chi connectivity index (χ3n) is 8.46. The van der Waals surface area contributed by atoms with Crippen molar-refractivity contribution in [3.63, 3.8) is 0 Å². The molecule has 5 nitrogen and oxygen atoms in total. The minimum absolute atomic E-state index is 0.115. The second-order valence-electron chi connectivity index (χ2n) is 9.40. The van der Waals surface area contributed by atoms with Crippen LogP contribution < -0.4 is 0 Å². The molecule has 154 valence electrons. The maximum atomic E-state index is 17.0. The Kier molecular flexibility index (Phi) is 3.42. The van der Waals surface area contributed by atoms with Crippen LogP contribution in [0.3, 0.4) is 0 Å². The normalized spacial score (nSPS) is 54.6. The van der Waals surface area contributed by atoms with Crippen LogP contribution in [0.4, 0.5) is 4.39 Å². The van der Waals surface area contributed by atoms with E-state index < -0.39 is 65.2 Å². The molecule has 0 aromatic heterocycles. The second-order valence-corrected chi connectivity index (χ2v) is 9.40. The number of allylic oxidation sites excluding steroid dienone is 4. The van der Waals surface area contributed by atoms with Crippen LogP contribution in [0.15, 0.2) is 23.8 Å². The number of carbonyl (C=O) groups excluding carboxylic acids is 2. The fraction of sp³-hybridized carbons (Fsp3) is 0.727. The fourth-order valence-corrected chi connectivity index (χ4v) is 6.89. The molecule has 28 heavy (non-hydrogen) atoms. The van der Waals surface area contributed by atoms with Gasteiger partial charge in [-0.05, 0) is 56.6 Å². The minimum Gasteiger partial charge on any atom is -0.390 e. The van der Waals surface area contributed by atoms with Crippen LogP contribution >= 0.6 is 0 Å². The Morgan fingerprint density at radius 3 is 2.75 bits per heavy atom. The highest BCUT2D eigenvalue weighted by atomic mass is 19.1. The van der Waals surface area contributed by atoms with Crippen LogP contribution in [0.25, 0.3) is 0 Å². The van der Waals surface area contributed by atoms with Gasteiger partial charge in [-0.15, -0.1) is 0 Å². The van der Waals surface area contributed by atoms with E-state index in [2.05, 4.69) is 0 Å². The third kappa shape index (κ3) is 2.01. The lowest BCUT2D eigenvalue weighted by Crippen LogP contribution is -2.69. The van der Waals surface area contributed by atoms with E-state index in [4.69, 9.17) is 4.11 Å². The summed E-state index contributed by atoms with van der Waals surface area (Å²) in [5.41, 5.74) is -6.67. The second kappa shape index (κ2) is 5.83. The Morgan fingerprint density at radius 1 is 1.39 bits per heavy atom. The van der Waals surface area contributed by atoms with Crippen LogP contribution in [0, 0.1) is 28.6 Å². The molecule has 4 aliphatic carbocycles. The van der Waals surface area contributed by atoms with E-state index in [1.54, 1.807) is 6.92 Å². The lowest BCUT2D eigenvalue weighted by Gasteiger charge is -2.62. The first kappa shape index (κ1) is 16.4. The standard InChI is InChI=1S/C22H29FO5/c1-12-8-16-15-5-4-13-9-14(25)6-7-19(13,2)21(15,23)17(26)10-20(16,3)22(12,28)18(27)11-24/h6-7,9,12,15-17,24,26,28H,4-5,8,10-11H2,1-3H3/t12-,15+,16+,17+,19+,20+,21+,22+/m1/s1/i1D3. The molecule has 8 atom stereocenters. The monoisotopic (exact) mass is 395 g/mol. The maximum Gasteiger partial charge on any atom is 0.190 e. The molecule has 0 radical (unpaired) electrons. The van der Waals surface area contributed by atoms with E-state index in [0.717, 1.165) is 0 Å². The van der Waals surface area contributed by atoms with Crippen LogP contribution in [-0.4, -0.2) is 50.9 Å². The van der Waals surface area contributed by atoms with Crippen molar-refractivity contribution in [2.24, 2.45) is 28.6 Å². The van der Waals surface area contributed by atoms with Crippen molar-refractivity contribution in [2.75, 3.05) is 6.61 Å². The Bertz CT molecular complexity index is 900. The molecule has 4 rings (SSSR count). The van der Waals surface area contributed by atoms with E-state index in [0.29, 0.717) is 12.0 Å². The molecule has 0 spiro atoms. The number of Topliss-reactive ketones (excluding diaryl/α,β-unsaturated/α-hetero) is 1. The summed E-state index contributed by atoms with van der Waals surface area (Å²) in [6, 6.07) is 0. The summed E-state index contributed by atoms with van der Waals surface area (Å²) in [5.74, 6) is -4.25. The van der Waals surface area contributed by atoms with Gasteiger partial charge in [0.25, 0.3) is 0 Å². The van der Waals surface area contributed by atoms with Gasteiger partial charge in [-0.2, -0.15) is 0 Å². The van der Waals surface area contributed by atoms with Gasteiger partial charge in [0.15, 0.2) is 17.2 Å². The number of hydrogen-bond donors (Lipinski definition) is 3. The number of aliphatic hydroxyl groups is 3. The SMILES string of the molecule is [2H]C([2H])([2H])[C@@H]1C[C@H]2[C@@H]3CCC4=CC(=O)C=C[C@]4(C)[C@@]3(F)[C@@H](O)C[C@]2(C)[C@@]1(O)C(=O)CO. The lowest BCUT2D eigenvalue weighted by molar-refractivity contribution is -0.219. The number of aliphatic hydroxyl groups excluding tert-OH is 2. The van der Waals surface area contributed by atoms with Crippen LogP contribution in [-0.2, 0) is 9.59 Å². The van der Waals surface area contributed by atoms with Crippen molar-refractivity contribution in [3.05, 3.63) is 23.8 Å². The Morgan fingerprint density at radius 2 is 2.11 bits per heavy atom. The molecule has 0 aromatic rings. The van der Waals surface area contributed by atoms with Gasteiger partial charge in [0.1, 0.15) is 12.2 Å². The van der Waals surface area contributed by atoms with Crippen LogP contribution in [0.5, 0.6) is 0 Å². The van der Waals surface area contributed by atoms with Gasteiger partial charge in [0, 0.05) is 20.9 Å². The van der Waals surface area contributed by atoms with E-state index in [9.17, 15) is 24.9 Å². The fourth-order valence-electron chi connectivity index (χ4n) is 6.89. The summed E-state index contributed by atoms with van der Waals surface area (Å²) in [5, 5.41) is 32.3. The largest absolute Gasteiger partial charge is 0.390 e. The number of halogens is 1. The molecule has 0 saturated heterocycles. The Hall–Kier alpha value is -1.37. The van der Waals surface area contributed by atoms with Crippen LogP contribution in [0.1, 0.15) is 50.5 Å². The molecular formula is C22H29FO5. The van der Waals surface area contributed by atoms with Gasteiger partial charge in [0.05, 0.1) is 6.10 Å². The first-order chi connectivity index (χ1) is 14.2. The molecular weight excluding hydrogens is 363 g/mol. The van der Waals surface area contributed by atoms with Gasteiger partial charge in [0.2, 0.25) is 0 Å². The molecule has 3 saturated carbocycles. The lowest BCUT2D eigenvalue weighted by atomic mass is 9.44. The summed E-state index contributed by atoms with van der Waals surface area (Å²) in [7, 11) is 0. The molecule has 6 heteroatoms. The van der Waals surface area contributed by atoms with Crippen molar-refractivity contribution >= 4 is 11.6 Å². The average molecular weight is 395 g/mol. The summed E-state index contributed by atoms with van der Waals surface area (Å²) in [4.78, 5) is 24.6. The van der Waals surface area contributed by atoms with E-state index in [-0.39, 0.29) is 25.0 Å². The van der Waals surface area contributed by atoms with Crippen molar-refractivity contribution < 1.29 is 33.4 Å². The molecule has 4 aliphatic rings. The van der Waals surface area contributed by atoms with Crippen LogP contribution in [0.2, 0.25) is 0 Å². The van der Waals surface area contributed by atoms with Crippen molar-refractivity contribution in [1.29, 1.82) is 0 Å². The molecule has 0 unspecified atom stereocenters. The maximum absolute atomic E-state index is 17.0. The topological polar surface area (TPSA) is 94.8 Å². The molecule has 0 aromatic carbocycles. The predicted molar refractivity (Wildman–Crippen MR) is 99.9 cm³/mol. The van der Waals surface area contributed by atoms with Gasteiger partial charge in [-0.25, -0.2) is 4.39 Å². The van der Waals surface area contributed by atoms with Crippen molar-refractivity contribution in [1.82, 2.24) is 0 Å². The number of carbonyl (C=O) groups is 2. The number of fused-ring (bicyclic) bond motifs is 5. The smallest absolute Gasteiger partial charge is 0.190 e. The number of rotatable bonds is 2. The highest BCUT2D eigenvalue weighted by molar-refractivity contribution is 6.01. The minimum atomic E-state index is -2.70. The Labute approximate surface area is 168 Å². The van der Waals surface area contributed by atoms with Gasteiger partial charge >= 0.3 is 0 Å². The summed E-state index contributed by atoms with van der Waals surface area (Å²) in [6.45, 7) is -0.568. The molecule has 3 fully saturated rings. The van der Waals surface area contributed by atoms with Crippen molar-refractivity contribution in [3.8, 4) is 0 Å². The Balaban J connectivity index is 1.88. The molecule has 0 bridgehead atoms. The van der Waals surface area contributed by atoms with E-state index in [1.165, 1.54) is 25.2 Å². The van der Waals surface area contributed by atoms with Gasteiger partial charge in [-0.3, -0.25) is 9.59 Å². The molecule has 0 aliphatic heterocycles.